The van der Waals surface area contributed by atoms with Crippen LogP contribution >= 0.6 is 15.9 Å². The molecule has 0 saturated carbocycles. The monoisotopic (exact) mass is 332 g/mol. The largest absolute Gasteiger partial charge is 0.398 e. The molecule has 0 atom stereocenters. The molecule has 2 rings (SSSR count). The lowest BCUT2D eigenvalue weighted by atomic mass is 10.1. The van der Waals surface area contributed by atoms with Crippen LogP contribution in [0.4, 0.5) is 11.4 Å². The van der Waals surface area contributed by atoms with Gasteiger partial charge in [0.25, 0.3) is 5.91 Å². The molecule has 0 aromatic heterocycles. The van der Waals surface area contributed by atoms with Crippen molar-refractivity contribution < 1.29 is 4.79 Å². The maximum Gasteiger partial charge on any atom is 0.255 e. The van der Waals surface area contributed by atoms with Crippen LogP contribution in [0.2, 0.25) is 0 Å². The molecule has 0 spiro atoms. The van der Waals surface area contributed by atoms with E-state index < -0.39 is 0 Å². The number of carbonyl (C=O) groups is 1. The summed E-state index contributed by atoms with van der Waals surface area (Å²) in [6, 6.07) is 11.2. The van der Waals surface area contributed by atoms with Crippen molar-refractivity contribution in [3.05, 3.63) is 57.6 Å². The second kappa shape index (κ2) is 6.09. The van der Waals surface area contributed by atoms with Gasteiger partial charge < -0.3 is 11.1 Å². The summed E-state index contributed by atoms with van der Waals surface area (Å²) in [5, 5.41) is 2.98. The highest BCUT2D eigenvalue weighted by Crippen LogP contribution is 2.24. The topological polar surface area (TPSA) is 55.1 Å². The first kappa shape index (κ1) is 14.6. The smallest absolute Gasteiger partial charge is 0.255 e. The molecule has 0 aliphatic rings. The zero-order valence-electron chi connectivity index (χ0n) is 11.5. The van der Waals surface area contributed by atoms with Crippen LogP contribution in [0.25, 0.3) is 0 Å². The van der Waals surface area contributed by atoms with E-state index in [1.807, 2.05) is 25.1 Å². The van der Waals surface area contributed by atoms with Crippen molar-refractivity contribution >= 4 is 33.2 Å². The molecule has 2 aromatic rings. The normalized spacial score (nSPS) is 10.3. The van der Waals surface area contributed by atoms with E-state index in [2.05, 4.69) is 28.2 Å². The number of carbonyl (C=O) groups excluding carboxylic acids is 1. The van der Waals surface area contributed by atoms with Gasteiger partial charge in [0.2, 0.25) is 0 Å². The number of amides is 1. The SMILES string of the molecule is CCc1cccc(C)c1NC(=O)c1ccc(Br)c(N)c1. The van der Waals surface area contributed by atoms with Crippen LogP contribution in [0.15, 0.2) is 40.9 Å². The van der Waals surface area contributed by atoms with Crippen LogP contribution in [0.1, 0.15) is 28.4 Å². The number of rotatable bonds is 3. The predicted octanol–water partition coefficient (Wildman–Crippen LogP) is 4.15. The van der Waals surface area contributed by atoms with Gasteiger partial charge in [-0.1, -0.05) is 25.1 Å². The van der Waals surface area contributed by atoms with Crippen LogP contribution in [0.3, 0.4) is 0 Å². The van der Waals surface area contributed by atoms with E-state index >= 15 is 0 Å². The van der Waals surface area contributed by atoms with Gasteiger partial charge >= 0.3 is 0 Å². The first-order valence-corrected chi connectivity index (χ1v) is 7.27. The van der Waals surface area contributed by atoms with E-state index in [0.717, 1.165) is 27.7 Å². The Morgan fingerprint density at radius 1 is 1.30 bits per heavy atom. The Balaban J connectivity index is 2.30. The van der Waals surface area contributed by atoms with Crippen molar-refractivity contribution in [1.29, 1.82) is 0 Å². The molecule has 0 saturated heterocycles. The van der Waals surface area contributed by atoms with E-state index in [9.17, 15) is 4.79 Å². The summed E-state index contributed by atoms with van der Waals surface area (Å²) in [5.74, 6) is -0.145. The van der Waals surface area contributed by atoms with E-state index in [1.165, 1.54) is 0 Å². The fourth-order valence-electron chi connectivity index (χ4n) is 2.07. The van der Waals surface area contributed by atoms with Crippen LogP contribution in [-0.4, -0.2) is 5.91 Å². The van der Waals surface area contributed by atoms with Crippen LogP contribution < -0.4 is 11.1 Å². The maximum atomic E-state index is 12.3. The lowest BCUT2D eigenvalue weighted by Crippen LogP contribution is -2.14. The van der Waals surface area contributed by atoms with Gasteiger partial charge in [0.15, 0.2) is 0 Å². The molecule has 2 aromatic carbocycles. The highest BCUT2D eigenvalue weighted by molar-refractivity contribution is 9.10. The average Bonchev–Trinajstić information content (AvgIpc) is 2.44. The van der Waals surface area contributed by atoms with Gasteiger partial charge in [-0.2, -0.15) is 0 Å². The van der Waals surface area contributed by atoms with Crippen LogP contribution in [-0.2, 0) is 6.42 Å². The van der Waals surface area contributed by atoms with Gasteiger partial charge in [0.1, 0.15) is 0 Å². The molecule has 0 unspecified atom stereocenters. The lowest BCUT2D eigenvalue weighted by Gasteiger charge is -2.13. The number of nitrogen functional groups attached to an aromatic ring is 1. The second-order valence-electron chi connectivity index (χ2n) is 4.65. The Labute approximate surface area is 127 Å². The van der Waals surface area contributed by atoms with Crippen molar-refractivity contribution in [3.63, 3.8) is 0 Å². The van der Waals surface area contributed by atoms with Gasteiger partial charge in [-0.15, -0.1) is 0 Å². The Morgan fingerprint density at radius 3 is 2.70 bits per heavy atom. The molecule has 0 aliphatic heterocycles. The minimum Gasteiger partial charge on any atom is -0.398 e. The van der Waals surface area contributed by atoms with Crippen molar-refractivity contribution in [1.82, 2.24) is 0 Å². The van der Waals surface area contributed by atoms with E-state index in [0.29, 0.717) is 11.3 Å². The molecule has 20 heavy (non-hydrogen) atoms. The first-order valence-electron chi connectivity index (χ1n) is 6.47. The van der Waals surface area contributed by atoms with Crippen LogP contribution in [0, 0.1) is 6.92 Å². The number of nitrogens with one attached hydrogen (secondary N) is 1. The Bertz CT molecular complexity index is 653. The predicted molar refractivity (Wildman–Crippen MR) is 87.1 cm³/mol. The van der Waals surface area contributed by atoms with Crippen LogP contribution in [0.5, 0.6) is 0 Å². The maximum absolute atomic E-state index is 12.3. The molecular formula is C16H17BrN2O. The molecule has 0 heterocycles. The minimum atomic E-state index is -0.145. The third-order valence-electron chi connectivity index (χ3n) is 3.24. The molecular weight excluding hydrogens is 316 g/mol. The zero-order chi connectivity index (χ0) is 14.7. The molecule has 1 amide bonds. The number of nitrogens with two attached hydrogens (primary N) is 1. The number of hydrogen-bond donors (Lipinski definition) is 2. The Hall–Kier alpha value is -1.81. The summed E-state index contributed by atoms with van der Waals surface area (Å²) in [6.07, 6.45) is 0.875. The fourth-order valence-corrected chi connectivity index (χ4v) is 2.32. The van der Waals surface area contributed by atoms with Gasteiger partial charge in [0, 0.05) is 21.4 Å². The number of hydrogen-bond acceptors (Lipinski definition) is 2. The van der Waals surface area contributed by atoms with Crippen molar-refractivity contribution in [2.75, 3.05) is 11.1 Å². The van der Waals surface area contributed by atoms with E-state index in [-0.39, 0.29) is 5.91 Å². The number of para-hydroxylation sites is 1. The van der Waals surface area contributed by atoms with Crippen molar-refractivity contribution in [3.8, 4) is 0 Å². The summed E-state index contributed by atoms with van der Waals surface area (Å²) in [6.45, 7) is 4.06. The summed E-state index contributed by atoms with van der Waals surface area (Å²) in [5.41, 5.74) is 9.99. The Kier molecular flexibility index (Phi) is 4.45. The van der Waals surface area contributed by atoms with Gasteiger partial charge in [0.05, 0.1) is 0 Å². The Morgan fingerprint density at radius 2 is 2.05 bits per heavy atom. The van der Waals surface area contributed by atoms with Gasteiger partial charge in [-0.3, -0.25) is 4.79 Å². The molecule has 104 valence electrons. The van der Waals surface area contributed by atoms with E-state index in [1.54, 1.807) is 18.2 Å². The summed E-state index contributed by atoms with van der Waals surface area (Å²) < 4.78 is 0.791. The molecule has 0 aliphatic carbocycles. The third kappa shape index (κ3) is 3.02. The van der Waals surface area contributed by atoms with Crippen molar-refractivity contribution in [2.24, 2.45) is 0 Å². The number of anilines is 2. The highest BCUT2D eigenvalue weighted by Gasteiger charge is 2.11. The highest BCUT2D eigenvalue weighted by atomic mass is 79.9. The molecule has 0 radical (unpaired) electrons. The summed E-state index contributed by atoms with van der Waals surface area (Å²) in [7, 11) is 0. The molecule has 3 nitrogen and oxygen atoms in total. The van der Waals surface area contributed by atoms with Gasteiger partial charge in [-0.25, -0.2) is 0 Å². The average molecular weight is 333 g/mol. The third-order valence-corrected chi connectivity index (χ3v) is 3.96. The molecule has 0 bridgehead atoms. The first-order chi connectivity index (χ1) is 9.52. The van der Waals surface area contributed by atoms with E-state index in [4.69, 9.17) is 5.73 Å². The number of halogens is 1. The molecule has 3 N–H and O–H groups in total. The number of benzene rings is 2. The quantitative estimate of drug-likeness (QED) is 0.829. The lowest BCUT2D eigenvalue weighted by molar-refractivity contribution is 0.102. The standard InChI is InChI=1S/C16H17BrN2O/c1-3-11-6-4-5-10(2)15(11)19-16(20)12-7-8-13(17)14(18)9-12/h4-9H,3,18H2,1-2H3,(H,19,20). The molecule has 4 heteroatoms. The fraction of sp³-hybridized carbons (Fsp3) is 0.188. The van der Waals surface area contributed by atoms with Gasteiger partial charge in [-0.05, 0) is 58.6 Å². The minimum absolute atomic E-state index is 0.145. The molecule has 0 fully saturated rings. The summed E-state index contributed by atoms with van der Waals surface area (Å²) in [4.78, 5) is 12.3. The second-order valence-corrected chi connectivity index (χ2v) is 5.51. The van der Waals surface area contributed by atoms with Crippen molar-refractivity contribution in [2.45, 2.75) is 20.3 Å². The number of aryl methyl sites for hydroxylation is 2. The summed E-state index contributed by atoms with van der Waals surface area (Å²) >= 11 is 3.32. The zero-order valence-corrected chi connectivity index (χ0v) is 13.1.